The van der Waals surface area contributed by atoms with Gasteiger partial charge in [-0.15, -0.1) is 0 Å². The number of hydrogen-bond acceptors (Lipinski definition) is 3. The van der Waals surface area contributed by atoms with Crippen molar-refractivity contribution in [2.75, 3.05) is 40.3 Å². The molecule has 1 atom stereocenters. The van der Waals surface area contributed by atoms with Crippen molar-refractivity contribution >= 4 is 5.91 Å². The van der Waals surface area contributed by atoms with E-state index < -0.39 is 0 Å². The van der Waals surface area contributed by atoms with E-state index in [1.807, 2.05) is 29.2 Å². The van der Waals surface area contributed by atoms with E-state index in [-0.39, 0.29) is 5.91 Å². The lowest BCUT2D eigenvalue weighted by molar-refractivity contribution is 0.0773. The SMILES string of the molecule is COc1cccc(C(=O)N2CCC3(CCN(C)C3)C2)c1. The minimum atomic E-state index is 0.135. The Hall–Kier alpha value is -1.55. The largest absolute Gasteiger partial charge is 0.497 e. The quantitative estimate of drug-likeness (QED) is 0.825. The van der Waals surface area contributed by atoms with Crippen LogP contribution in [-0.2, 0) is 0 Å². The van der Waals surface area contributed by atoms with Gasteiger partial charge in [-0.2, -0.15) is 0 Å². The molecule has 3 rings (SSSR count). The van der Waals surface area contributed by atoms with E-state index in [9.17, 15) is 4.79 Å². The maximum Gasteiger partial charge on any atom is 0.254 e. The summed E-state index contributed by atoms with van der Waals surface area (Å²) in [6, 6.07) is 7.44. The Balaban J connectivity index is 1.72. The molecule has 1 amide bonds. The minimum Gasteiger partial charge on any atom is -0.497 e. The van der Waals surface area contributed by atoms with E-state index in [2.05, 4.69) is 11.9 Å². The van der Waals surface area contributed by atoms with Crippen molar-refractivity contribution in [3.8, 4) is 5.75 Å². The maximum atomic E-state index is 12.6. The summed E-state index contributed by atoms with van der Waals surface area (Å²) < 4.78 is 5.20. The summed E-state index contributed by atoms with van der Waals surface area (Å²) in [5.41, 5.74) is 1.07. The fourth-order valence-corrected chi connectivity index (χ4v) is 3.54. The molecule has 2 heterocycles. The number of carbonyl (C=O) groups is 1. The molecule has 4 nitrogen and oxygen atoms in total. The number of hydrogen-bond donors (Lipinski definition) is 0. The van der Waals surface area contributed by atoms with Gasteiger partial charge in [0.25, 0.3) is 5.91 Å². The highest BCUT2D eigenvalue weighted by Crippen LogP contribution is 2.39. The highest BCUT2D eigenvalue weighted by Gasteiger charge is 2.43. The smallest absolute Gasteiger partial charge is 0.254 e. The number of ether oxygens (including phenoxy) is 1. The Labute approximate surface area is 120 Å². The third-order valence-electron chi connectivity index (χ3n) is 4.67. The van der Waals surface area contributed by atoms with Crippen LogP contribution in [0.4, 0.5) is 0 Å². The van der Waals surface area contributed by atoms with Crippen LogP contribution >= 0.6 is 0 Å². The van der Waals surface area contributed by atoms with Gasteiger partial charge in [-0.3, -0.25) is 4.79 Å². The van der Waals surface area contributed by atoms with Gasteiger partial charge in [0.2, 0.25) is 0 Å². The Bertz CT molecular complexity index is 517. The number of methoxy groups -OCH3 is 1. The third-order valence-corrected chi connectivity index (χ3v) is 4.67. The van der Waals surface area contributed by atoms with Gasteiger partial charge in [-0.05, 0) is 44.6 Å². The van der Waals surface area contributed by atoms with E-state index in [4.69, 9.17) is 4.74 Å². The fraction of sp³-hybridized carbons (Fsp3) is 0.562. The van der Waals surface area contributed by atoms with Crippen LogP contribution < -0.4 is 4.74 Å². The Kier molecular flexibility index (Phi) is 3.42. The maximum absolute atomic E-state index is 12.6. The molecule has 1 aromatic rings. The average molecular weight is 274 g/mol. The van der Waals surface area contributed by atoms with Crippen LogP contribution in [0.3, 0.4) is 0 Å². The van der Waals surface area contributed by atoms with E-state index in [1.54, 1.807) is 7.11 Å². The van der Waals surface area contributed by atoms with Crippen molar-refractivity contribution in [1.82, 2.24) is 9.80 Å². The van der Waals surface area contributed by atoms with E-state index in [1.165, 1.54) is 6.42 Å². The summed E-state index contributed by atoms with van der Waals surface area (Å²) >= 11 is 0. The van der Waals surface area contributed by atoms with Gasteiger partial charge < -0.3 is 14.5 Å². The summed E-state index contributed by atoms with van der Waals surface area (Å²) in [4.78, 5) is 17.0. The molecule has 2 saturated heterocycles. The zero-order valence-corrected chi connectivity index (χ0v) is 12.3. The molecular weight excluding hydrogens is 252 g/mol. The first kappa shape index (κ1) is 13.4. The van der Waals surface area contributed by atoms with Crippen LogP contribution in [0, 0.1) is 5.41 Å². The van der Waals surface area contributed by atoms with Crippen LogP contribution in [0.15, 0.2) is 24.3 Å². The van der Waals surface area contributed by atoms with Crippen LogP contribution in [0.25, 0.3) is 0 Å². The van der Waals surface area contributed by atoms with Crippen LogP contribution in [0.1, 0.15) is 23.2 Å². The molecule has 108 valence electrons. The molecule has 0 saturated carbocycles. The predicted octanol–water partition coefficient (Wildman–Crippen LogP) is 1.86. The van der Waals surface area contributed by atoms with E-state index in [0.29, 0.717) is 5.41 Å². The first-order valence-corrected chi connectivity index (χ1v) is 7.24. The number of nitrogens with zero attached hydrogens (tertiary/aromatic N) is 2. The molecule has 4 heteroatoms. The van der Waals surface area contributed by atoms with Crippen molar-refractivity contribution < 1.29 is 9.53 Å². The van der Waals surface area contributed by atoms with Gasteiger partial charge in [0, 0.05) is 30.6 Å². The highest BCUT2D eigenvalue weighted by molar-refractivity contribution is 5.94. The second-order valence-electron chi connectivity index (χ2n) is 6.20. The van der Waals surface area contributed by atoms with Crippen molar-refractivity contribution in [2.45, 2.75) is 12.8 Å². The lowest BCUT2D eigenvalue weighted by atomic mass is 9.86. The van der Waals surface area contributed by atoms with Gasteiger partial charge in [-0.1, -0.05) is 6.07 Å². The summed E-state index contributed by atoms with van der Waals surface area (Å²) in [5.74, 6) is 0.876. The van der Waals surface area contributed by atoms with Gasteiger partial charge in [0.1, 0.15) is 5.75 Å². The van der Waals surface area contributed by atoms with Gasteiger partial charge in [0.15, 0.2) is 0 Å². The summed E-state index contributed by atoms with van der Waals surface area (Å²) in [6.07, 6.45) is 2.35. The molecule has 2 fully saturated rings. The molecule has 2 aliphatic heterocycles. The Morgan fingerprint density at radius 1 is 1.25 bits per heavy atom. The molecule has 0 bridgehead atoms. The fourth-order valence-electron chi connectivity index (χ4n) is 3.54. The van der Waals surface area contributed by atoms with Crippen molar-refractivity contribution in [3.63, 3.8) is 0 Å². The number of carbonyl (C=O) groups excluding carboxylic acids is 1. The molecule has 1 unspecified atom stereocenters. The molecule has 0 radical (unpaired) electrons. The summed E-state index contributed by atoms with van der Waals surface area (Å²) in [6.45, 7) is 4.05. The predicted molar refractivity (Wildman–Crippen MR) is 78.1 cm³/mol. The number of likely N-dealkylation sites (tertiary alicyclic amines) is 2. The minimum absolute atomic E-state index is 0.135. The van der Waals surface area contributed by atoms with Crippen molar-refractivity contribution in [2.24, 2.45) is 5.41 Å². The standard InChI is InChI=1S/C16H22N2O2/c1-17-8-6-16(11-17)7-9-18(12-16)15(19)13-4-3-5-14(10-13)20-2/h3-5,10H,6-9,11-12H2,1-2H3. The zero-order chi connectivity index (χ0) is 14.2. The van der Waals surface area contributed by atoms with Crippen molar-refractivity contribution in [3.05, 3.63) is 29.8 Å². The molecule has 20 heavy (non-hydrogen) atoms. The van der Waals surface area contributed by atoms with Crippen molar-refractivity contribution in [1.29, 1.82) is 0 Å². The van der Waals surface area contributed by atoms with E-state index >= 15 is 0 Å². The lowest BCUT2D eigenvalue weighted by Crippen LogP contribution is -2.33. The van der Waals surface area contributed by atoms with E-state index in [0.717, 1.165) is 43.9 Å². The Morgan fingerprint density at radius 2 is 2.05 bits per heavy atom. The molecule has 0 N–H and O–H groups in total. The second kappa shape index (κ2) is 5.09. The second-order valence-corrected chi connectivity index (χ2v) is 6.20. The van der Waals surface area contributed by atoms with Crippen LogP contribution in [-0.4, -0.2) is 56.0 Å². The van der Waals surface area contributed by atoms with Gasteiger partial charge in [-0.25, -0.2) is 0 Å². The first-order valence-electron chi connectivity index (χ1n) is 7.24. The normalized spacial score (nSPS) is 26.4. The summed E-state index contributed by atoms with van der Waals surface area (Å²) in [7, 11) is 3.80. The number of benzene rings is 1. The molecular formula is C16H22N2O2. The zero-order valence-electron chi connectivity index (χ0n) is 12.3. The van der Waals surface area contributed by atoms with Gasteiger partial charge >= 0.3 is 0 Å². The molecule has 2 aliphatic rings. The average Bonchev–Trinajstić information content (AvgIpc) is 3.05. The first-order chi connectivity index (χ1) is 9.62. The lowest BCUT2D eigenvalue weighted by Gasteiger charge is -2.23. The molecule has 0 aromatic heterocycles. The topological polar surface area (TPSA) is 32.8 Å². The summed E-state index contributed by atoms with van der Waals surface area (Å²) in [5, 5.41) is 0. The molecule has 1 spiro atoms. The molecule has 0 aliphatic carbocycles. The number of rotatable bonds is 2. The molecule has 1 aromatic carbocycles. The monoisotopic (exact) mass is 274 g/mol. The number of amides is 1. The third kappa shape index (κ3) is 2.40. The van der Waals surface area contributed by atoms with Crippen LogP contribution in [0.5, 0.6) is 5.75 Å². The van der Waals surface area contributed by atoms with Crippen LogP contribution in [0.2, 0.25) is 0 Å². The Morgan fingerprint density at radius 3 is 2.75 bits per heavy atom. The highest BCUT2D eigenvalue weighted by atomic mass is 16.5. The van der Waals surface area contributed by atoms with Gasteiger partial charge in [0.05, 0.1) is 7.11 Å².